The number of aliphatic hydroxyl groups excluding tert-OH is 1. The van der Waals surface area contributed by atoms with Gasteiger partial charge in [0, 0.05) is 19.3 Å². The summed E-state index contributed by atoms with van der Waals surface area (Å²) < 4.78 is 5.28. The molecule has 0 radical (unpaired) electrons. The summed E-state index contributed by atoms with van der Waals surface area (Å²) >= 11 is 0. The number of nitrogens with two attached hydrogens (primary N) is 1. The molecule has 2 aliphatic heterocycles. The molecule has 1 unspecified atom stereocenters. The van der Waals surface area contributed by atoms with Crippen molar-refractivity contribution >= 4 is 11.6 Å². The molecule has 0 aliphatic carbocycles. The molecule has 5 nitrogen and oxygen atoms in total. The topological polar surface area (TPSA) is 75.8 Å². The third-order valence-corrected chi connectivity index (χ3v) is 4.31. The summed E-state index contributed by atoms with van der Waals surface area (Å²) in [7, 11) is 1.78. The van der Waals surface area contributed by atoms with Crippen LogP contribution in [0.4, 0.5) is 5.69 Å². The smallest absolute Gasteiger partial charge is 0.231 e. The number of benzene rings is 1. The Hall–Kier alpha value is -1.43. The van der Waals surface area contributed by atoms with Gasteiger partial charge in [-0.2, -0.15) is 0 Å². The summed E-state index contributed by atoms with van der Waals surface area (Å²) in [4.78, 5) is 13.4. The number of nitrogens with zero attached hydrogens (tertiary/aromatic N) is 1. The quantitative estimate of drug-likeness (QED) is 0.790. The molecule has 0 aromatic heterocycles. The first-order valence-electron chi connectivity index (χ1n) is 6.44. The molecule has 19 heavy (non-hydrogen) atoms. The number of hydrogen-bond acceptors (Lipinski definition) is 4. The lowest BCUT2D eigenvalue weighted by Gasteiger charge is -2.45. The number of ether oxygens (including phenoxy) is 1. The Labute approximate surface area is 112 Å². The molecule has 0 bridgehead atoms. The van der Waals surface area contributed by atoms with Crippen molar-refractivity contribution in [3.63, 3.8) is 0 Å². The first-order valence-corrected chi connectivity index (χ1v) is 6.44. The van der Waals surface area contributed by atoms with Gasteiger partial charge in [0.2, 0.25) is 5.91 Å². The highest BCUT2D eigenvalue weighted by Gasteiger charge is 2.46. The van der Waals surface area contributed by atoms with Gasteiger partial charge in [-0.05, 0) is 17.2 Å². The van der Waals surface area contributed by atoms with Crippen molar-refractivity contribution in [1.82, 2.24) is 0 Å². The minimum Gasteiger partial charge on any atom is -0.391 e. The van der Waals surface area contributed by atoms with Crippen LogP contribution < -0.4 is 10.6 Å². The second-order valence-corrected chi connectivity index (χ2v) is 5.37. The molecule has 102 valence electrons. The average Bonchev–Trinajstić information content (AvgIpc) is 2.63. The first kappa shape index (κ1) is 12.6. The Kier molecular flexibility index (Phi) is 2.85. The third-order valence-electron chi connectivity index (χ3n) is 4.31. The van der Waals surface area contributed by atoms with Gasteiger partial charge in [-0.15, -0.1) is 0 Å². The number of hydrogen-bond donors (Lipinski definition) is 2. The SMILES string of the molecule is CN1C(=O)Cc2cc(C3(C(O)CN)COC3)ccc21. The average molecular weight is 262 g/mol. The van der Waals surface area contributed by atoms with E-state index < -0.39 is 11.5 Å². The maximum atomic E-state index is 11.7. The highest BCUT2D eigenvalue weighted by molar-refractivity contribution is 6.00. The number of fused-ring (bicyclic) bond motifs is 1. The summed E-state index contributed by atoms with van der Waals surface area (Å²) in [5.74, 6) is 0.102. The van der Waals surface area contributed by atoms with Crippen molar-refractivity contribution in [2.45, 2.75) is 17.9 Å². The number of likely N-dealkylation sites (N-methyl/N-ethyl adjacent to an activating group) is 1. The summed E-state index contributed by atoms with van der Waals surface area (Å²) in [5, 5.41) is 10.2. The molecular formula is C14H18N2O3. The molecule has 1 aromatic carbocycles. The van der Waals surface area contributed by atoms with Crippen molar-refractivity contribution in [1.29, 1.82) is 0 Å². The molecule has 2 heterocycles. The van der Waals surface area contributed by atoms with Gasteiger partial charge in [-0.3, -0.25) is 4.79 Å². The molecular weight excluding hydrogens is 244 g/mol. The van der Waals surface area contributed by atoms with E-state index in [0.29, 0.717) is 19.6 Å². The van der Waals surface area contributed by atoms with Crippen LogP contribution in [0.2, 0.25) is 0 Å². The van der Waals surface area contributed by atoms with Crippen LogP contribution in [0.1, 0.15) is 11.1 Å². The van der Waals surface area contributed by atoms with E-state index in [1.807, 2.05) is 18.2 Å². The van der Waals surface area contributed by atoms with Gasteiger partial charge in [0.25, 0.3) is 0 Å². The number of aliphatic hydroxyl groups is 1. The summed E-state index contributed by atoms with van der Waals surface area (Å²) in [6.45, 7) is 1.17. The molecule has 2 aliphatic rings. The van der Waals surface area contributed by atoms with E-state index in [1.165, 1.54) is 0 Å². The predicted octanol–water partition coefficient (Wildman–Crippen LogP) is -0.207. The van der Waals surface area contributed by atoms with Crippen LogP contribution in [0.3, 0.4) is 0 Å². The summed E-state index contributed by atoms with van der Waals surface area (Å²) in [6, 6.07) is 5.92. The normalized spacial score (nSPS) is 22.1. The van der Waals surface area contributed by atoms with Crippen LogP contribution in [0.15, 0.2) is 18.2 Å². The van der Waals surface area contributed by atoms with Crippen LogP contribution in [-0.4, -0.2) is 43.9 Å². The molecule has 0 spiro atoms. The van der Waals surface area contributed by atoms with Crippen molar-refractivity contribution in [2.75, 3.05) is 31.7 Å². The minimum atomic E-state index is -0.617. The molecule has 1 aromatic rings. The molecule has 1 fully saturated rings. The standard InChI is InChI=1S/C14H18N2O3/c1-16-11-3-2-10(4-9(11)5-13(16)18)14(7-19-8-14)12(17)6-15/h2-4,12,17H,5-8,15H2,1H3. The first-order chi connectivity index (χ1) is 9.08. The van der Waals surface area contributed by atoms with Crippen LogP contribution in [-0.2, 0) is 21.4 Å². The second kappa shape index (κ2) is 4.30. The van der Waals surface area contributed by atoms with E-state index >= 15 is 0 Å². The van der Waals surface area contributed by atoms with Crippen LogP contribution in [0.5, 0.6) is 0 Å². The van der Waals surface area contributed by atoms with Gasteiger partial charge >= 0.3 is 0 Å². The van der Waals surface area contributed by atoms with Crippen molar-refractivity contribution in [3.05, 3.63) is 29.3 Å². The zero-order valence-electron chi connectivity index (χ0n) is 10.9. The zero-order chi connectivity index (χ0) is 13.6. The third kappa shape index (κ3) is 1.69. The fraction of sp³-hybridized carbons (Fsp3) is 0.500. The highest BCUT2D eigenvalue weighted by atomic mass is 16.5. The molecule has 5 heteroatoms. The number of anilines is 1. The lowest BCUT2D eigenvalue weighted by molar-refractivity contribution is -0.117. The van der Waals surface area contributed by atoms with Gasteiger partial charge in [-0.25, -0.2) is 0 Å². The number of carbonyl (C=O) groups is 1. The van der Waals surface area contributed by atoms with Crippen molar-refractivity contribution in [2.24, 2.45) is 5.73 Å². The van der Waals surface area contributed by atoms with E-state index in [2.05, 4.69) is 0 Å². The van der Waals surface area contributed by atoms with E-state index in [4.69, 9.17) is 10.5 Å². The summed E-state index contributed by atoms with van der Waals surface area (Å²) in [6.07, 6.45) is -0.191. The molecule has 1 amide bonds. The number of rotatable bonds is 3. The monoisotopic (exact) mass is 262 g/mol. The second-order valence-electron chi connectivity index (χ2n) is 5.37. The largest absolute Gasteiger partial charge is 0.391 e. The lowest BCUT2D eigenvalue weighted by atomic mass is 9.73. The van der Waals surface area contributed by atoms with E-state index in [-0.39, 0.29) is 12.5 Å². The summed E-state index contributed by atoms with van der Waals surface area (Å²) in [5.41, 5.74) is 8.16. The highest BCUT2D eigenvalue weighted by Crippen LogP contribution is 2.39. The predicted molar refractivity (Wildman–Crippen MR) is 71.1 cm³/mol. The Morgan fingerprint density at radius 3 is 2.84 bits per heavy atom. The molecule has 3 rings (SSSR count). The zero-order valence-corrected chi connectivity index (χ0v) is 10.9. The Bertz CT molecular complexity index is 525. The molecule has 1 saturated heterocycles. The Morgan fingerprint density at radius 1 is 1.53 bits per heavy atom. The van der Waals surface area contributed by atoms with Gasteiger partial charge in [0.1, 0.15) is 0 Å². The van der Waals surface area contributed by atoms with Gasteiger partial charge < -0.3 is 20.5 Å². The maximum absolute atomic E-state index is 11.7. The van der Waals surface area contributed by atoms with Crippen LogP contribution in [0, 0.1) is 0 Å². The molecule has 1 atom stereocenters. The van der Waals surface area contributed by atoms with Gasteiger partial charge in [-0.1, -0.05) is 12.1 Å². The fourth-order valence-corrected chi connectivity index (χ4v) is 2.88. The van der Waals surface area contributed by atoms with E-state index in [1.54, 1.807) is 11.9 Å². The maximum Gasteiger partial charge on any atom is 0.231 e. The van der Waals surface area contributed by atoms with Crippen LogP contribution >= 0.6 is 0 Å². The lowest BCUT2D eigenvalue weighted by Crippen LogP contribution is -2.57. The van der Waals surface area contributed by atoms with Crippen LogP contribution in [0.25, 0.3) is 0 Å². The Morgan fingerprint density at radius 2 is 2.26 bits per heavy atom. The fourth-order valence-electron chi connectivity index (χ4n) is 2.88. The van der Waals surface area contributed by atoms with Gasteiger partial charge in [0.05, 0.1) is 31.2 Å². The van der Waals surface area contributed by atoms with Crippen molar-refractivity contribution < 1.29 is 14.6 Å². The van der Waals surface area contributed by atoms with Gasteiger partial charge in [0.15, 0.2) is 0 Å². The van der Waals surface area contributed by atoms with E-state index in [0.717, 1.165) is 16.8 Å². The Balaban J connectivity index is 1.99. The number of amides is 1. The van der Waals surface area contributed by atoms with Crippen molar-refractivity contribution in [3.8, 4) is 0 Å². The minimum absolute atomic E-state index is 0.102. The number of carbonyl (C=O) groups excluding carboxylic acids is 1. The van der Waals surface area contributed by atoms with E-state index in [9.17, 15) is 9.90 Å². The molecule has 3 N–H and O–H groups in total. The molecule has 0 saturated carbocycles.